The van der Waals surface area contributed by atoms with Crippen LogP contribution in [0.1, 0.15) is 28.4 Å². The van der Waals surface area contributed by atoms with Gasteiger partial charge in [0.2, 0.25) is 0 Å². The van der Waals surface area contributed by atoms with Crippen molar-refractivity contribution < 1.29 is 18.0 Å². The van der Waals surface area contributed by atoms with Crippen LogP contribution in [0.2, 0.25) is 0 Å². The summed E-state index contributed by atoms with van der Waals surface area (Å²) >= 11 is 0. The van der Waals surface area contributed by atoms with Gasteiger partial charge in [-0.15, -0.1) is 0 Å². The molecule has 100 valence electrons. The average molecular weight is 267 g/mol. The average Bonchev–Trinajstić information content (AvgIpc) is 2.77. The van der Waals surface area contributed by atoms with E-state index < -0.39 is 11.7 Å². The van der Waals surface area contributed by atoms with Gasteiger partial charge in [0.05, 0.1) is 5.56 Å². The van der Waals surface area contributed by atoms with E-state index in [9.17, 15) is 18.0 Å². The van der Waals surface area contributed by atoms with Crippen LogP contribution < -0.4 is 0 Å². The van der Waals surface area contributed by atoms with E-state index in [-0.39, 0.29) is 5.78 Å². The molecule has 0 amide bonds. The van der Waals surface area contributed by atoms with Crippen LogP contribution in [0.3, 0.4) is 0 Å². The highest BCUT2D eigenvalue weighted by Crippen LogP contribution is 2.29. The minimum absolute atomic E-state index is 0.0669. The molecule has 19 heavy (non-hydrogen) atoms. The molecule has 0 bridgehead atoms. The number of hydrogen-bond acceptors (Lipinski definition) is 1. The molecule has 0 aliphatic rings. The van der Waals surface area contributed by atoms with E-state index in [1.165, 1.54) is 13.0 Å². The minimum atomic E-state index is -4.34. The molecule has 1 aromatic heterocycles. The molecule has 2 nitrogen and oxygen atoms in total. The molecule has 2 aromatic rings. The summed E-state index contributed by atoms with van der Waals surface area (Å²) in [6.07, 6.45) is -1.03. The number of halogens is 3. The van der Waals surface area contributed by atoms with Crippen LogP contribution in [0.25, 0.3) is 0 Å². The van der Waals surface area contributed by atoms with Crippen molar-refractivity contribution in [2.24, 2.45) is 0 Å². The van der Waals surface area contributed by atoms with Crippen molar-refractivity contribution in [3.63, 3.8) is 0 Å². The summed E-state index contributed by atoms with van der Waals surface area (Å²) in [5, 5.41) is 0. The fraction of sp³-hybridized carbons (Fsp3) is 0.214. The molecular weight excluding hydrogens is 255 g/mol. The Hall–Kier alpha value is -2.04. The zero-order chi connectivity index (χ0) is 14.0. The number of aromatic nitrogens is 1. The molecule has 0 aliphatic carbocycles. The quantitative estimate of drug-likeness (QED) is 0.776. The van der Waals surface area contributed by atoms with Crippen molar-refractivity contribution in [1.82, 2.24) is 4.57 Å². The number of ketones is 1. The molecule has 1 heterocycles. The second-order valence-electron chi connectivity index (χ2n) is 4.33. The van der Waals surface area contributed by atoms with Crippen LogP contribution in [-0.2, 0) is 12.7 Å². The van der Waals surface area contributed by atoms with Crippen molar-refractivity contribution in [2.45, 2.75) is 19.6 Å². The Balaban J connectivity index is 2.21. The van der Waals surface area contributed by atoms with Crippen molar-refractivity contribution in [2.75, 3.05) is 0 Å². The molecule has 2 rings (SSSR count). The molecule has 0 unspecified atom stereocenters. The molecule has 0 N–H and O–H groups in total. The minimum Gasteiger partial charge on any atom is -0.349 e. The second-order valence-corrected chi connectivity index (χ2v) is 4.33. The third-order valence-corrected chi connectivity index (χ3v) is 2.78. The summed E-state index contributed by atoms with van der Waals surface area (Å²) in [6.45, 7) is 1.75. The van der Waals surface area contributed by atoms with E-state index in [1.54, 1.807) is 29.1 Å². The van der Waals surface area contributed by atoms with E-state index in [0.29, 0.717) is 17.7 Å². The largest absolute Gasteiger partial charge is 0.416 e. The number of carbonyl (C=O) groups is 1. The van der Waals surface area contributed by atoms with Gasteiger partial charge >= 0.3 is 6.18 Å². The molecule has 0 fully saturated rings. The Morgan fingerprint density at radius 1 is 1.26 bits per heavy atom. The Labute approximate surface area is 108 Å². The van der Waals surface area contributed by atoms with E-state index >= 15 is 0 Å². The predicted molar refractivity (Wildman–Crippen MR) is 65.0 cm³/mol. The second kappa shape index (κ2) is 4.91. The maximum Gasteiger partial charge on any atom is 0.416 e. The van der Waals surface area contributed by atoms with Crippen LogP contribution in [0, 0.1) is 0 Å². The summed E-state index contributed by atoms with van der Waals surface area (Å²) in [5.74, 6) is -0.0669. The standard InChI is InChI=1S/C14H12F3NO/c1-10(19)12-5-6-18(9-12)8-11-3-2-4-13(7-11)14(15,16)17/h2-7,9H,8H2,1H3. The van der Waals surface area contributed by atoms with Gasteiger partial charge in [-0.2, -0.15) is 13.2 Å². The highest BCUT2D eigenvalue weighted by atomic mass is 19.4. The first kappa shape index (κ1) is 13.4. The molecule has 0 spiro atoms. The number of nitrogens with zero attached hydrogens (tertiary/aromatic N) is 1. The predicted octanol–water partition coefficient (Wildman–Crippen LogP) is 3.76. The number of Topliss-reactive ketones (excluding diaryl/α,β-unsaturated/α-hetero) is 1. The Morgan fingerprint density at radius 2 is 2.00 bits per heavy atom. The smallest absolute Gasteiger partial charge is 0.349 e. The summed E-state index contributed by atoms with van der Waals surface area (Å²) in [6, 6.07) is 6.82. The Bertz CT molecular complexity index is 599. The number of rotatable bonds is 3. The highest BCUT2D eigenvalue weighted by Gasteiger charge is 2.30. The highest BCUT2D eigenvalue weighted by molar-refractivity contribution is 5.93. The van der Waals surface area contributed by atoms with E-state index in [4.69, 9.17) is 0 Å². The van der Waals surface area contributed by atoms with Crippen molar-refractivity contribution in [3.05, 3.63) is 59.4 Å². The normalized spacial score (nSPS) is 11.6. The van der Waals surface area contributed by atoms with Crippen molar-refractivity contribution >= 4 is 5.78 Å². The fourth-order valence-corrected chi connectivity index (χ4v) is 1.80. The molecule has 0 saturated heterocycles. The van der Waals surface area contributed by atoms with Gasteiger partial charge in [-0.25, -0.2) is 0 Å². The van der Waals surface area contributed by atoms with Gasteiger partial charge in [0.1, 0.15) is 0 Å². The first-order chi connectivity index (χ1) is 8.86. The Morgan fingerprint density at radius 3 is 2.58 bits per heavy atom. The molecule has 0 aliphatic heterocycles. The van der Waals surface area contributed by atoms with Crippen LogP contribution in [0.15, 0.2) is 42.7 Å². The number of alkyl halides is 3. The first-order valence-corrected chi connectivity index (χ1v) is 5.69. The van der Waals surface area contributed by atoms with Crippen LogP contribution >= 0.6 is 0 Å². The fourth-order valence-electron chi connectivity index (χ4n) is 1.80. The lowest BCUT2D eigenvalue weighted by molar-refractivity contribution is -0.137. The number of benzene rings is 1. The maximum absolute atomic E-state index is 12.6. The van der Waals surface area contributed by atoms with E-state index in [2.05, 4.69) is 0 Å². The van der Waals surface area contributed by atoms with Gasteiger partial charge in [-0.05, 0) is 30.7 Å². The molecule has 0 atom stereocenters. The third-order valence-electron chi connectivity index (χ3n) is 2.78. The van der Waals surface area contributed by atoms with E-state index in [1.807, 2.05) is 0 Å². The zero-order valence-corrected chi connectivity index (χ0v) is 10.2. The third kappa shape index (κ3) is 3.24. The summed E-state index contributed by atoms with van der Waals surface area (Å²) in [4.78, 5) is 11.1. The SMILES string of the molecule is CC(=O)c1ccn(Cc2cccc(C(F)(F)F)c2)c1. The lowest BCUT2D eigenvalue weighted by Gasteiger charge is -2.09. The van der Waals surface area contributed by atoms with Crippen molar-refractivity contribution in [1.29, 1.82) is 0 Å². The summed E-state index contributed by atoms with van der Waals surface area (Å²) < 4.78 is 39.4. The molecular formula is C14H12F3NO. The maximum atomic E-state index is 12.6. The first-order valence-electron chi connectivity index (χ1n) is 5.69. The summed E-state index contributed by atoms with van der Waals surface area (Å²) in [7, 11) is 0. The van der Waals surface area contributed by atoms with Gasteiger partial charge in [-0.3, -0.25) is 4.79 Å². The van der Waals surface area contributed by atoms with Gasteiger partial charge < -0.3 is 4.57 Å². The molecule has 0 saturated carbocycles. The molecule has 5 heteroatoms. The molecule has 1 aromatic carbocycles. The lowest BCUT2D eigenvalue weighted by atomic mass is 10.1. The van der Waals surface area contributed by atoms with Gasteiger partial charge in [0.15, 0.2) is 5.78 Å². The Kier molecular flexibility index (Phi) is 3.46. The van der Waals surface area contributed by atoms with Gasteiger partial charge in [0, 0.05) is 24.5 Å². The van der Waals surface area contributed by atoms with Crippen molar-refractivity contribution in [3.8, 4) is 0 Å². The lowest BCUT2D eigenvalue weighted by Crippen LogP contribution is -2.06. The number of carbonyl (C=O) groups excluding carboxylic acids is 1. The van der Waals surface area contributed by atoms with Gasteiger partial charge in [-0.1, -0.05) is 12.1 Å². The van der Waals surface area contributed by atoms with Crippen LogP contribution in [0.5, 0.6) is 0 Å². The van der Waals surface area contributed by atoms with Crippen LogP contribution in [-0.4, -0.2) is 10.4 Å². The monoisotopic (exact) mass is 267 g/mol. The topological polar surface area (TPSA) is 22.0 Å². The van der Waals surface area contributed by atoms with E-state index in [0.717, 1.165) is 12.1 Å². The van der Waals surface area contributed by atoms with Gasteiger partial charge in [0.25, 0.3) is 0 Å². The van der Waals surface area contributed by atoms with Crippen LogP contribution in [0.4, 0.5) is 13.2 Å². The molecule has 0 radical (unpaired) electrons. The summed E-state index contributed by atoms with van der Waals surface area (Å²) in [5.41, 5.74) is 0.427. The number of hydrogen-bond donors (Lipinski definition) is 0. The zero-order valence-electron chi connectivity index (χ0n) is 10.2.